The number of amides is 2. The van der Waals surface area contributed by atoms with Gasteiger partial charge in [0, 0.05) is 13.0 Å². The monoisotopic (exact) mass is 348 g/mol. The van der Waals surface area contributed by atoms with Crippen molar-refractivity contribution in [2.75, 3.05) is 6.54 Å². The third-order valence-corrected chi connectivity index (χ3v) is 3.09. The number of carboxylic acid groups (broad SMARTS) is 1. The highest BCUT2D eigenvalue weighted by Crippen LogP contribution is 2.26. The van der Waals surface area contributed by atoms with Gasteiger partial charge in [0.2, 0.25) is 0 Å². The van der Waals surface area contributed by atoms with Crippen LogP contribution in [0, 0.1) is 0 Å². The predicted molar refractivity (Wildman–Crippen MR) is 79.6 cm³/mol. The van der Waals surface area contributed by atoms with Gasteiger partial charge >= 0.3 is 18.4 Å². The number of benzene rings is 1. The van der Waals surface area contributed by atoms with Gasteiger partial charge in [-0.15, -0.1) is 13.2 Å². The summed E-state index contributed by atoms with van der Waals surface area (Å²) in [5.74, 6) is -1.29. The molecule has 0 aliphatic carbocycles. The molecule has 0 fully saturated rings. The van der Waals surface area contributed by atoms with Crippen molar-refractivity contribution in [3.8, 4) is 5.75 Å². The number of hydrogen-bond donors (Lipinski definition) is 3. The summed E-state index contributed by atoms with van der Waals surface area (Å²) in [6.07, 6.45) is -4.51. The van der Waals surface area contributed by atoms with Gasteiger partial charge in [-0.3, -0.25) is 4.79 Å². The number of hydrogen-bond acceptors (Lipinski definition) is 3. The van der Waals surface area contributed by atoms with Gasteiger partial charge in [-0.1, -0.05) is 12.1 Å². The van der Waals surface area contributed by atoms with E-state index in [1.807, 2.05) is 0 Å². The molecule has 9 heteroatoms. The number of carbonyl (C=O) groups is 2. The molecule has 0 atom stereocenters. The first-order valence-corrected chi connectivity index (χ1v) is 7.14. The van der Waals surface area contributed by atoms with Crippen molar-refractivity contribution in [2.24, 2.45) is 0 Å². The lowest BCUT2D eigenvalue weighted by molar-refractivity contribution is -0.274. The molecule has 0 aliphatic rings. The van der Waals surface area contributed by atoms with Crippen molar-refractivity contribution in [1.82, 2.24) is 10.6 Å². The van der Waals surface area contributed by atoms with Gasteiger partial charge in [0.15, 0.2) is 0 Å². The molecule has 134 valence electrons. The SMILES string of the molecule is CC(C)(NC(=O)NCCCC(=O)O)c1ccc(OC(F)(F)F)cc1. The van der Waals surface area contributed by atoms with E-state index in [9.17, 15) is 22.8 Å². The highest BCUT2D eigenvalue weighted by atomic mass is 19.4. The smallest absolute Gasteiger partial charge is 0.481 e. The van der Waals surface area contributed by atoms with Crippen molar-refractivity contribution in [3.63, 3.8) is 0 Å². The number of rotatable bonds is 7. The Hall–Kier alpha value is -2.45. The Balaban J connectivity index is 2.57. The van der Waals surface area contributed by atoms with Gasteiger partial charge in [0.25, 0.3) is 0 Å². The van der Waals surface area contributed by atoms with Crippen LogP contribution in [0.2, 0.25) is 0 Å². The molecule has 1 aromatic rings. The van der Waals surface area contributed by atoms with Crippen LogP contribution in [0.15, 0.2) is 24.3 Å². The van der Waals surface area contributed by atoms with Gasteiger partial charge in [-0.2, -0.15) is 0 Å². The lowest BCUT2D eigenvalue weighted by Crippen LogP contribution is -2.46. The molecule has 0 bridgehead atoms. The molecule has 2 amide bonds. The van der Waals surface area contributed by atoms with Crippen molar-refractivity contribution in [3.05, 3.63) is 29.8 Å². The minimum absolute atomic E-state index is 0.0512. The van der Waals surface area contributed by atoms with E-state index in [4.69, 9.17) is 5.11 Å². The van der Waals surface area contributed by atoms with Crippen LogP contribution in [0.5, 0.6) is 5.75 Å². The normalized spacial score (nSPS) is 11.7. The molecule has 0 aliphatic heterocycles. The van der Waals surface area contributed by atoms with Crippen LogP contribution in [0.4, 0.5) is 18.0 Å². The molecule has 3 N–H and O–H groups in total. The number of carbonyl (C=O) groups excluding carboxylic acids is 1. The first kappa shape index (κ1) is 19.6. The van der Waals surface area contributed by atoms with Crippen molar-refractivity contribution < 1.29 is 32.6 Å². The summed E-state index contributed by atoms with van der Waals surface area (Å²) in [6, 6.07) is 4.67. The molecule has 0 saturated heterocycles. The molecule has 0 aromatic heterocycles. The van der Waals surface area contributed by atoms with E-state index < -0.39 is 23.9 Å². The van der Waals surface area contributed by atoms with Crippen LogP contribution in [0.3, 0.4) is 0 Å². The molecular formula is C15H19F3N2O4. The molecule has 0 unspecified atom stereocenters. The van der Waals surface area contributed by atoms with Crippen LogP contribution in [0.25, 0.3) is 0 Å². The van der Waals surface area contributed by atoms with Gasteiger partial charge < -0.3 is 20.5 Å². The molecule has 6 nitrogen and oxygen atoms in total. The first-order chi connectivity index (χ1) is 11.0. The molecule has 0 saturated carbocycles. The van der Waals surface area contributed by atoms with E-state index in [0.717, 1.165) is 12.1 Å². The molecule has 24 heavy (non-hydrogen) atoms. The minimum atomic E-state index is -4.76. The van der Waals surface area contributed by atoms with Crippen LogP contribution in [0.1, 0.15) is 32.3 Å². The number of nitrogens with one attached hydrogen (secondary N) is 2. The lowest BCUT2D eigenvalue weighted by atomic mass is 9.94. The van der Waals surface area contributed by atoms with E-state index in [-0.39, 0.29) is 18.7 Å². The maximum atomic E-state index is 12.1. The van der Waals surface area contributed by atoms with E-state index >= 15 is 0 Å². The number of carboxylic acids is 1. The Morgan fingerprint density at radius 1 is 1.17 bits per heavy atom. The Bertz CT molecular complexity index is 571. The zero-order valence-corrected chi connectivity index (χ0v) is 13.2. The Kier molecular flexibility index (Phi) is 6.44. The number of alkyl halides is 3. The summed E-state index contributed by atoms with van der Waals surface area (Å²) < 4.78 is 40.2. The number of urea groups is 1. The molecule has 0 heterocycles. The minimum Gasteiger partial charge on any atom is -0.481 e. The summed E-state index contributed by atoms with van der Waals surface area (Å²) >= 11 is 0. The quantitative estimate of drug-likeness (QED) is 0.661. The molecular weight excluding hydrogens is 329 g/mol. The zero-order chi connectivity index (χ0) is 18.4. The van der Waals surface area contributed by atoms with Crippen LogP contribution in [-0.4, -0.2) is 30.0 Å². The average molecular weight is 348 g/mol. The highest BCUT2D eigenvalue weighted by Gasteiger charge is 2.31. The summed E-state index contributed by atoms with van der Waals surface area (Å²) in [5.41, 5.74) is -0.258. The third-order valence-electron chi connectivity index (χ3n) is 3.09. The fourth-order valence-corrected chi connectivity index (χ4v) is 1.91. The zero-order valence-electron chi connectivity index (χ0n) is 13.2. The van der Waals surface area contributed by atoms with Gasteiger partial charge in [0.05, 0.1) is 5.54 Å². The topological polar surface area (TPSA) is 87.7 Å². The van der Waals surface area contributed by atoms with E-state index in [2.05, 4.69) is 15.4 Å². The number of ether oxygens (including phenoxy) is 1. The molecule has 1 rings (SSSR count). The fraction of sp³-hybridized carbons (Fsp3) is 0.467. The van der Waals surface area contributed by atoms with Crippen LogP contribution < -0.4 is 15.4 Å². The van der Waals surface area contributed by atoms with Crippen LogP contribution >= 0.6 is 0 Å². The van der Waals surface area contributed by atoms with E-state index in [1.54, 1.807) is 13.8 Å². The number of halogens is 3. The predicted octanol–water partition coefficient (Wildman–Crippen LogP) is 2.98. The maximum absolute atomic E-state index is 12.1. The standard InChI is InChI=1S/C15H19F3N2O4/c1-14(2,20-13(23)19-9-3-4-12(21)22)10-5-7-11(8-6-10)24-15(16,17)18/h5-8H,3-4,9H2,1-2H3,(H,21,22)(H2,19,20,23). The Morgan fingerprint density at radius 3 is 2.25 bits per heavy atom. The Morgan fingerprint density at radius 2 is 1.75 bits per heavy atom. The summed E-state index contributed by atoms with van der Waals surface area (Å²) in [5, 5.41) is 13.7. The highest BCUT2D eigenvalue weighted by molar-refractivity contribution is 5.75. The van der Waals surface area contributed by atoms with Gasteiger partial charge in [-0.05, 0) is 38.0 Å². The van der Waals surface area contributed by atoms with Gasteiger partial charge in [0.1, 0.15) is 5.75 Å². The second-order valence-electron chi connectivity index (χ2n) is 5.58. The van der Waals surface area contributed by atoms with E-state index in [0.29, 0.717) is 12.0 Å². The second kappa shape index (κ2) is 7.89. The fourth-order valence-electron chi connectivity index (χ4n) is 1.91. The first-order valence-electron chi connectivity index (χ1n) is 7.14. The van der Waals surface area contributed by atoms with Crippen molar-refractivity contribution in [1.29, 1.82) is 0 Å². The second-order valence-corrected chi connectivity index (χ2v) is 5.58. The molecule has 1 aromatic carbocycles. The third kappa shape index (κ3) is 7.21. The van der Waals surface area contributed by atoms with Crippen molar-refractivity contribution in [2.45, 2.75) is 38.6 Å². The largest absolute Gasteiger partial charge is 0.573 e. The van der Waals surface area contributed by atoms with Crippen LogP contribution in [-0.2, 0) is 10.3 Å². The van der Waals surface area contributed by atoms with Crippen molar-refractivity contribution >= 4 is 12.0 Å². The maximum Gasteiger partial charge on any atom is 0.573 e. The Labute approximate surface area is 137 Å². The molecule has 0 spiro atoms. The summed E-state index contributed by atoms with van der Waals surface area (Å²) in [4.78, 5) is 22.2. The number of aliphatic carboxylic acids is 1. The summed E-state index contributed by atoms with van der Waals surface area (Å²) in [6.45, 7) is 3.57. The van der Waals surface area contributed by atoms with Gasteiger partial charge in [-0.25, -0.2) is 4.79 Å². The summed E-state index contributed by atoms with van der Waals surface area (Å²) in [7, 11) is 0. The molecule has 0 radical (unpaired) electrons. The lowest BCUT2D eigenvalue weighted by Gasteiger charge is -2.27. The van der Waals surface area contributed by atoms with E-state index in [1.165, 1.54) is 12.1 Å². The average Bonchev–Trinajstić information content (AvgIpc) is 2.41.